The van der Waals surface area contributed by atoms with Crippen molar-refractivity contribution in [3.05, 3.63) is 45.3 Å². The van der Waals surface area contributed by atoms with Crippen LogP contribution in [0.15, 0.2) is 28.7 Å². The van der Waals surface area contributed by atoms with Crippen molar-refractivity contribution in [1.29, 1.82) is 0 Å². The van der Waals surface area contributed by atoms with E-state index in [1.54, 1.807) is 0 Å². The number of nitrogens with zero attached hydrogens (tertiary/aromatic N) is 3. The van der Waals surface area contributed by atoms with Crippen LogP contribution in [0.2, 0.25) is 0 Å². The first-order valence-corrected chi connectivity index (χ1v) is 7.77. The number of rotatable bonds is 2. The number of hydrogen-bond acceptors (Lipinski definition) is 5. The van der Waals surface area contributed by atoms with Gasteiger partial charge in [0.25, 0.3) is 0 Å². The van der Waals surface area contributed by atoms with Crippen LogP contribution in [0.5, 0.6) is 0 Å². The molecule has 3 N–H and O–H groups in total. The van der Waals surface area contributed by atoms with Crippen molar-refractivity contribution in [3.63, 3.8) is 0 Å². The molecule has 0 saturated heterocycles. The SMILES string of the molecule is Cc1cc(/C(N)=N/O)cc(N2CCc3sccc3C2C)n1. The largest absolute Gasteiger partial charge is 0.409 e. The number of anilines is 1. The number of amidine groups is 1. The van der Waals surface area contributed by atoms with E-state index in [1.165, 1.54) is 10.4 Å². The van der Waals surface area contributed by atoms with E-state index in [0.717, 1.165) is 24.5 Å². The summed E-state index contributed by atoms with van der Waals surface area (Å²) in [5.74, 6) is 0.989. The van der Waals surface area contributed by atoms with Gasteiger partial charge in [0, 0.05) is 22.7 Å². The fourth-order valence-corrected chi connectivity index (χ4v) is 3.79. The monoisotopic (exact) mass is 302 g/mol. The lowest BCUT2D eigenvalue weighted by atomic mass is 10.0. The Kier molecular flexibility index (Phi) is 3.55. The van der Waals surface area contributed by atoms with Crippen LogP contribution < -0.4 is 10.6 Å². The van der Waals surface area contributed by atoms with Gasteiger partial charge >= 0.3 is 0 Å². The summed E-state index contributed by atoms with van der Waals surface area (Å²) < 4.78 is 0. The van der Waals surface area contributed by atoms with Gasteiger partial charge in [0.15, 0.2) is 5.84 Å². The highest BCUT2D eigenvalue weighted by molar-refractivity contribution is 7.10. The van der Waals surface area contributed by atoms with Gasteiger partial charge in [-0.3, -0.25) is 0 Å². The van der Waals surface area contributed by atoms with E-state index < -0.39 is 0 Å². The molecule has 0 fully saturated rings. The van der Waals surface area contributed by atoms with Gasteiger partial charge in [-0.1, -0.05) is 5.16 Å². The van der Waals surface area contributed by atoms with Crippen molar-refractivity contribution in [1.82, 2.24) is 4.98 Å². The summed E-state index contributed by atoms with van der Waals surface area (Å²) in [6.07, 6.45) is 1.03. The van der Waals surface area contributed by atoms with Gasteiger partial charge in [-0.25, -0.2) is 4.98 Å². The van der Waals surface area contributed by atoms with Gasteiger partial charge in [0.05, 0.1) is 6.04 Å². The normalized spacial score (nSPS) is 18.7. The number of nitrogens with two attached hydrogens (primary N) is 1. The minimum Gasteiger partial charge on any atom is -0.409 e. The highest BCUT2D eigenvalue weighted by atomic mass is 32.1. The van der Waals surface area contributed by atoms with E-state index in [4.69, 9.17) is 10.9 Å². The lowest BCUT2D eigenvalue weighted by Crippen LogP contribution is -2.34. The molecule has 2 aromatic heterocycles. The van der Waals surface area contributed by atoms with Crippen LogP contribution in [-0.2, 0) is 6.42 Å². The third-order valence-electron chi connectivity index (χ3n) is 3.91. The Morgan fingerprint density at radius 1 is 1.52 bits per heavy atom. The van der Waals surface area contributed by atoms with Crippen molar-refractivity contribution in [3.8, 4) is 0 Å². The molecule has 3 heterocycles. The maximum absolute atomic E-state index is 8.87. The fourth-order valence-electron chi connectivity index (χ4n) is 2.83. The molecule has 0 spiro atoms. The molecule has 5 nitrogen and oxygen atoms in total. The molecule has 6 heteroatoms. The van der Waals surface area contributed by atoms with E-state index >= 15 is 0 Å². The number of hydrogen-bond donors (Lipinski definition) is 2. The van der Waals surface area contributed by atoms with Crippen LogP contribution in [0, 0.1) is 6.92 Å². The van der Waals surface area contributed by atoms with Crippen LogP contribution in [0.25, 0.3) is 0 Å². The van der Waals surface area contributed by atoms with E-state index in [2.05, 4.69) is 33.4 Å². The van der Waals surface area contributed by atoms with Crippen LogP contribution in [0.1, 0.15) is 34.7 Å². The fraction of sp³-hybridized carbons (Fsp3) is 0.333. The molecular formula is C15H18N4OS. The van der Waals surface area contributed by atoms with Crippen molar-refractivity contribution < 1.29 is 5.21 Å². The summed E-state index contributed by atoms with van der Waals surface area (Å²) in [5.41, 5.74) is 8.64. The van der Waals surface area contributed by atoms with Crippen LogP contribution in [0.3, 0.4) is 0 Å². The second kappa shape index (κ2) is 5.37. The Bertz CT molecular complexity index is 695. The Morgan fingerprint density at radius 2 is 2.33 bits per heavy atom. The third-order valence-corrected chi connectivity index (χ3v) is 4.91. The Balaban J connectivity index is 2.00. The van der Waals surface area contributed by atoms with Gasteiger partial charge in [-0.15, -0.1) is 11.3 Å². The summed E-state index contributed by atoms with van der Waals surface area (Å²) >= 11 is 1.82. The van der Waals surface area contributed by atoms with E-state index in [9.17, 15) is 0 Å². The highest BCUT2D eigenvalue weighted by Gasteiger charge is 2.26. The number of pyridine rings is 1. The number of oxime groups is 1. The molecule has 110 valence electrons. The van der Waals surface area contributed by atoms with Crippen molar-refractivity contribution >= 4 is 23.0 Å². The summed E-state index contributed by atoms with van der Waals surface area (Å²) in [5, 5.41) is 14.1. The second-order valence-electron chi connectivity index (χ2n) is 5.26. The van der Waals surface area contributed by atoms with Crippen LogP contribution in [-0.4, -0.2) is 22.6 Å². The first kappa shape index (κ1) is 13.9. The molecule has 0 amide bonds. The molecule has 0 aromatic carbocycles. The predicted octanol–water partition coefficient (Wildman–Crippen LogP) is 2.67. The summed E-state index contributed by atoms with van der Waals surface area (Å²) in [7, 11) is 0. The number of fused-ring (bicyclic) bond motifs is 1. The van der Waals surface area contributed by atoms with Crippen LogP contribution in [0.4, 0.5) is 5.82 Å². The zero-order valence-electron chi connectivity index (χ0n) is 12.1. The van der Waals surface area contributed by atoms with E-state index in [-0.39, 0.29) is 11.9 Å². The average molecular weight is 302 g/mol. The first-order chi connectivity index (χ1) is 10.1. The molecular weight excluding hydrogens is 284 g/mol. The molecule has 0 bridgehead atoms. The summed E-state index contributed by atoms with van der Waals surface area (Å²) in [4.78, 5) is 8.35. The smallest absolute Gasteiger partial charge is 0.170 e. The molecule has 0 saturated carbocycles. The number of aryl methyl sites for hydroxylation is 1. The Hall–Kier alpha value is -2.08. The number of aromatic nitrogens is 1. The standard InChI is InChI=1S/C15H18N4OS/c1-9-7-11(15(16)18-20)8-14(17-9)19-5-3-13-12(10(19)2)4-6-21-13/h4,6-8,10,20H,3,5H2,1-2H3,(H2,16,18). The number of thiophene rings is 1. The third kappa shape index (κ3) is 2.47. The van der Waals surface area contributed by atoms with Gasteiger partial charge in [0.1, 0.15) is 5.82 Å². The maximum Gasteiger partial charge on any atom is 0.170 e. The molecule has 1 unspecified atom stereocenters. The molecule has 3 rings (SSSR count). The Labute approximate surface area is 127 Å². The summed E-state index contributed by atoms with van der Waals surface area (Å²) in [6, 6.07) is 6.19. The summed E-state index contributed by atoms with van der Waals surface area (Å²) in [6.45, 7) is 5.04. The van der Waals surface area contributed by atoms with Crippen molar-refractivity contribution in [2.45, 2.75) is 26.3 Å². The topological polar surface area (TPSA) is 74.7 Å². The van der Waals surface area contributed by atoms with Crippen molar-refractivity contribution in [2.24, 2.45) is 10.9 Å². The molecule has 21 heavy (non-hydrogen) atoms. The minimum atomic E-state index is 0.114. The maximum atomic E-state index is 8.87. The predicted molar refractivity (Wildman–Crippen MR) is 85.3 cm³/mol. The zero-order valence-corrected chi connectivity index (χ0v) is 12.9. The minimum absolute atomic E-state index is 0.114. The van der Waals surface area contributed by atoms with Gasteiger partial charge in [0.2, 0.25) is 0 Å². The molecule has 1 atom stereocenters. The molecule has 0 aliphatic carbocycles. The van der Waals surface area contributed by atoms with E-state index in [0.29, 0.717) is 5.56 Å². The lowest BCUT2D eigenvalue weighted by molar-refractivity contribution is 0.318. The lowest BCUT2D eigenvalue weighted by Gasteiger charge is -2.35. The molecule has 2 aromatic rings. The van der Waals surface area contributed by atoms with Crippen molar-refractivity contribution in [2.75, 3.05) is 11.4 Å². The molecule has 0 radical (unpaired) electrons. The Morgan fingerprint density at radius 3 is 3.10 bits per heavy atom. The zero-order chi connectivity index (χ0) is 15.0. The molecule has 1 aliphatic rings. The highest BCUT2D eigenvalue weighted by Crippen LogP contribution is 2.35. The average Bonchev–Trinajstić information content (AvgIpc) is 2.95. The van der Waals surface area contributed by atoms with Gasteiger partial charge in [-0.05, 0) is 49.4 Å². The van der Waals surface area contributed by atoms with Gasteiger partial charge < -0.3 is 15.8 Å². The van der Waals surface area contributed by atoms with Crippen LogP contribution >= 0.6 is 11.3 Å². The first-order valence-electron chi connectivity index (χ1n) is 6.89. The molecule has 1 aliphatic heterocycles. The van der Waals surface area contributed by atoms with E-state index in [1.807, 2.05) is 30.4 Å². The second-order valence-corrected chi connectivity index (χ2v) is 6.26. The van der Waals surface area contributed by atoms with Gasteiger partial charge in [-0.2, -0.15) is 0 Å². The quantitative estimate of drug-likeness (QED) is 0.387.